The molecule has 0 heterocycles. The van der Waals surface area contributed by atoms with Crippen LogP contribution in [0.4, 0.5) is 0 Å². The minimum absolute atomic E-state index is 0.147. The summed E-state index contributed by atoms with van der Waals surface area (Å²) in [5, 5.41) is 3.21. The number of carbonyl (C=O) groups is 1. The molecule has 0 amide bonds. The quantitative estimate of drug-likeness (QED) is 0.557. The number of hydrogen-bond donors (Lipinski definition) is 1. The van der Waals surface area contributed by atoms with E-state index in [1.807, 2.05) is 13.8 Å². The molecule has 0 aromatic heterocycles. The summed E-state index contributed by atoms with van der Waals surface area (Å²) >= 11 is 0. The first-order valence-corrected chi connectivity index (χ1v) is 7.20. The van der Waals surface area contributed by atoms with Crippen LogP contribution < -0.4 is 10.1 Å². The Morgan fingerprint density at radius 2 is 2.05 bits per heavy atom. The van der Waals surface area contributed by atoms with Gasteiger partial charge in [0, 0.05) is 6.54 Å². The molecule has 1 aromatic carbocycles. The van der Waals surface area contributed by atoms with E-state index in [1.165, 1.54) is 5.56 Å². The first-order chi connectivity index (χ1) is 9.63. The van der Waals surface area contributed by atoms with E-state index in [9.17, 15) is 4.79 Å². The van der Waals surface area contributed by atoms with Crippen molar-refractivity contribution in [3.05, 3.63) is 29.3 Å². The summed E-state index contributed by atoms with van der Waals surface area (Å²) in [6, 6.07) is 6.21. The molecule has 1 rings (SSSR count). The first-order valence-electron chi connectivity index (χ1n) is 7.20. The maximum absolute atomic E-state index is 11.1. The molecule has 1 aromatic rings. The highest BCUT2D eigenvalue weighted by Crippen LogP contribution is 2.18. The average molecular weight is 279 g/mol. The Bertz CT molecular complexity index is 418. The molecule has 20 heavy (non-hydrogen) atoms. The lowest BCUT2D eigenvalue weighted by Gasteiger charge is -2.10. The van der Waals surface area contributed by atoms with Crippen molar-refractivity contribution >= 4 is 5.97 Å². The zero-order chi connectivity index (χ0) is 14.8. The van der Waals surface area contributed by atoms with Crippen molar-refractivity contribution < 1.29 is 14.3 Å². The number of rotatable bonds is 9. The summed E-state index contributed by atoms with van der Waals surface area (Å²) in [4.78, 5) is 11.1. The van der Waals surface area contributed by atoms with Crippen molar-refractivity contribution in [3.8, 4) is 5.75 Å². The third-order valence-electron chi connectivity index (χ3n) is 2.91. The third kappa shape index (κ3) is 6.57. The predicted molar refractivity (Wildman–Crippen MR) is 80.1 cm³/mol. The van der Waals surface area contributed by atoms with Crippen LogP contribution in [-0.4, -0.2) is 32.3 Å². The predicted octanol–water partition coefficient (Wildman–Crippen LogP) is 2.62. The fourth-order valence-corrected chi connectivity index (χ4v) is 1.79. The van der Waals surface area contributed by atoms with Crippen LogP contribution in [-0.2, 0) is 9.53 Å². The van der Waals surface area contributed by atoms with Gasteiger partial charge in [0.25, 0.3) is 0 Å². The van der Waals surface area contributed by atoms with Gasteiger partial charge in [0.15, 0.2) is 0 Å². The van der Waals surface area contributed by atoms with E-state index in [0.29, 0.717) is 26.2 Å². The van der Waals surface area contributed by atoms with Gasteiger partial charge in [0.1, 0.15) is 5.75 Å². The van der Waals surface area contributed by atoms with Gasteiger partial charge in [-0.05, 0) is 50.9 Å². The summed E-state index contributed by atoms with van der Waals surface area (Å²) in [7, 11) is 0. The lowest BCUT2D eigenvalue weighted by molar-refractivity contribution is -0.142. The fourth-order valence-electron chi connectivity index (χ4n) is 1.79. The van der Waals surface area contributed by atoms with Gasteiger partial charge in [-0.1, -0.05) is 12.1 Å². The van der Waals surface area contributed by atoms with E-state index in [0.717, 1.165) is 24.3 Å². The van der Waals surface area contributed by atoms with Crippen LogP contribution in [0.2, 0.25) is 0 Å². The van der Waals surface area contributed by atoms with Crippen LogP contribution in [0, 0.1) is 13.8 Å². The fraction of sp³-hybridized carbons (Fsp3) is 0.562. The molecular weight excluding hydrogens is 254 g/mol. The number of ether oxygens (including phenoxy) is 2. The van der Waals surface area contributed by atoms with Crippen molar-refractivity contribution in [2.45, 2.75) is 33.6 Å². The number of hydrogen-bond acceptors (Lipinski definition) is 4. The smallest absolute Gasteiger partial charge is 0.307 e. The van der Waals surface area contributed by atoms with E-state index < -0.39 is 0 Å². The first kappa shape index (κ1) is 16.5. The minimum Gasteiger partial charge on any atom is -0.493 e. The van der Waals surface area contributed by atoms with E-state index in [1.54, 1.807) is 0 Å². The Kier molecular flexibility index (Phi) is 7.73. The van der Waals surface area contributed by atoms with Crippen LogP contribution in [0.1, 0.15) is 30.9 Å². The number of nitrogens with one attached hydrogen (secondary N) is 1. The molecular formula is C16H25NO3. The molecule has 0 aliphatic carbocycles. The molecule has 4 heteroatoms. The van der Waals surface area contributed by atoms with E-state index >= 15 is 0 Å². The van der Waals surface area contributed by atoms with E-state index in [-0.39, 0.29) is 5.97 Å². The SMILES string of the molecule is CCOC(=O)CCNCCCOc1cc(C)ccc1C. The Balaban J connectivity index is 2.07. The van der Waals surface area contributed by atoms with Crippen molar-refractivity contribution in [1.29, 1.82) is 0 Å². The molecule has 4 nitrogen and oxygen atoms in total. The lowest BCUT2D eigenvalue weighted by atomic mass is 10.1. The Morgan fingerprint density at radius 1 is 1.25 bits per heavy atom. The summed E-state index contributed by atoms with van der Waals surface area (Å²) in [5.74, 6) is 0.808. The van der Waals surface area contributed by atoms with Gasteiger partial charge in [0.05, 0.1) is 19.6 Å². The maximum Gasteiger partial charge on any atom is 0.307 e. The largest absolute Gasteiger partial charge is 0.493 e. The molecule has 0 aliphatic heterocycles. The Hall–Kier alpha value is -1.55. The molecule has 1 N–H and O–H groups in total. The van der Waals surface area contributed by atoms with Gasteiger partial charge in [-0.3, -0.25) is 4.79 Å². The van der Waals surface area contributed by atoms with Crippen LogP contribution in [0.3, 0.4) is 0 Å². The molecule has 0 saturated carbocycles. The average Bonchev–Trinajstić information content (AvgIpc) is 2.41. The van der Waals surface area contributed by atoms with Gasteiger partial charge in [0.2, 0.25) is 0 Å². The Labute approximate surface area is 121 Å². The molecule has 0 unspecified atom stereocenters. The van der Waals surface area contributed by atoms with Crippen molar-refractivity contribution in [2.24, 2.45) is 0 Å². The third-order valence-corrected chi connectivity index (χ3v) is 2.91. The molecule has 0 atom stereocenters. The molecule has 112 valence electrons. The molecule has 0 radical (unpaired) electrons. The van der Waals surface area contributed by atoms with E-state index in [4.69, 9.17) is 9.47 Å². The molecule has 0 fully saturated rings. The van der Waals surface area contributed by atoms with Crippen molar-refractivity contribution in [3.63, 3.8) is 0 Å². The van der Waals surface area contributed by atoms with Crippen LogP contribution in [0.25, 0.3) is 0 Å². The number of aryl methyl sites for hydroxylation is 2. The molecule has 0 spiro atoms. The van der Waals surface area contributed by atoms with Gasteiger partial charge in [-0.2, -0.15) is 0 Å². The van der Waals surface area contributed by atoms with Crippen molar-refractivity contribution in [1.82, 2.24) is 5.32 Å². The molecule has 0 saturated heterocycles. The molecule has 0 bridgehead atoms. The summed E-state index contributed by atoms with van der Waals surface area (Å²) < 4.78 is 10.6. The zero-order valence-electron chi connectivity index (χ0n) is 12.7. The zero-order valence-corrected chi connectivity index (χ0v) is 12.7. The van der Waals surface area contributed by atoms with Gasteiger partial charge in [-0.15, -0.1) is 0 Å². The second kappa shape index (κ2) is 9.37. The summed E-state index contributed by atoms with van der Waals surface area (Å²) in [6.07, 6.45) is 1.34. The summed E-state index contributed by atoms with van der Waals surface area (Å²) in [6.45, 7) is 8.54. The highest BCUT2D eigenvalue weighted by atomic mass is 16.5. The highest BCUT2D eigenvalue weighted by molar-refractivity contribution is 5.69. The topological polar surface area (TPSA) is 47.6 Å². The highest BCUT2D eigenvalue weighted by Gasteiger charge is 2.01. The summed E-state index contributed by atoms with van der Waals surface area (Å²) in [5.41, 5.74) is 2.36. The van der Waals surface area contributed by atoms with Crippen LogP contribution in [0.15, 0.2) is 18.2 Å². The Morgan fingerprint density at radius 3 is 2.80 bits per heavy atom. The number of benzene rings is 1. The second-order valence-electron chi connectivity index (χ2n) is 4.78. The number of carbonyl (C=O) groups excluding carboxylic acids is 1. The number of esters is 1. The normalized spacial score (nSPS) is 10.3. The standard InChI is InChI=1S/C16H25NO3/c1-4-19-16(18)8-10-17-9-5-11-20-15-12-13(2)6-7-14(15)3/h6-7,12,17H,4-5,8-11H2,1-3H3. The van der Waals surface area contributed by atoms with Crippen molar-refractivity contribution in [2.75, 3.05) is 26.3 Å². The van der Waals surface area contributed by atoms with Gasteiger partial charge < -0.3 is 14.8 Å². The maximum atomic E-state index is 11.1. The van der Waals surface area contributed by atoms with Gasteiger partial charge in [-0.25, -0.2) is 0 Å². The van der Waals surface area contributed by atoms with Gasteiger partial charge >= 0.3 is 5.97 Å². The lowest BCUT2D eigenvalue weighted by Crippen LogP contribution is -2.21. The monoisotopic (exact) mass is 279 g/mol. The van der Waals surface area contributed by atoms with E-state index in [2.05, 4.69) is 30.4 Å². The molecule has 0 aliphatic rings. The van der Waals surface area contributed by atoms with Crippen LogP contribution >= 0.6 is 0 Å². The minimum atomic E-state index is -0.147. The second-order valence-corrected chi connectivity index (χ2v) is 4.78. The van der Waals surface area contributed by atoms with Crippen LogP contribution in [0.5, 0.6) is 5.75 Å².